The number of anilines is 2. The van der Waals surface area contributed by atoms with Crippen molar-refractivity contribution in [3.05, 3.63) is 60.2 Å². The van der Waals surface area contributed by atoms with Crippen LogP contribution in [-0.4, -0.2) is 25.8 Å². The number of rotatable bonds is 10. The van der Waals surface area contributed by atoms with Crippen molar-refractivity contribution in [3.8, 4) is 0 Å². The van der Waals surface area contributed by atoms with Crippen LogP contribution >= 0.6 is 0 Å². The first-order chi connectivity index (χ1) is 12.2. The molecule has 2 aromatic rings. The molecule has 2 aromatic carbocycles. The first-order valence-electron chi connectivity index (χ1n) is 8.46. The predicted molar refractivity (Wildman–Crippen MR) is 101 cm³/mol. The lowest BCUT2D eigenvalue weighted by atomic mass is 9.99. The van der Waals surface area contributed by atoms with Gasteiger partial charge in [-0.2, -0.15) is 0 Å². The van der Waals surface area contributed by atoms with E-state index in [2.05, 4.69) is 16.2 Å². The first-order valence-corrected chi connectivity index (χ1v) is 8.46. The SMILES string of the molecule is CCOC(=O)C(CNc1ccc(NNCN)cc1)Cc1ccccc1. The third-order valence-electron chi connectivity index (χ3n) is 3.72. The van der Waals surface area contributed by atoms with Gasteiger partial charge in [0.2, 0.25) is 0 Å². The zero-order chi connectivity index (χ0) is 17.9. The zero-order valence-corrected chi connectivity index (χ0v) is 14.5. The number of hydrazine groups is 1. The smallest absolute Gasteiger partial charge is 0.311 e. The van der Waals surface area contributed by atoms with Gasteiger partial charge in [-0.3, -0.25) is 4.79 Å². The Morgan fingerprint density at radius 2 is 1.76 bits per heavy atom. The van der Waals surface area contributed by atoms with Crippen molar-refractivity contribution in [2.45, 2.75) is 13.3 Å². The summed E-state index contributed by atoms with van der Waals surface area (Å²) in [5.74, 6) is -0.414. The molecule has 0 fully saturated rings. The van der Waals surface area contributed by atoms with Crippen LogP contribution in [0.4, 0.5) is 11.4 Å². The largest absolute Gasteiger partial charge is 0.466 e. The fraction of sp³-hybridized carbons (Fsp3) is 0.316. The Morgan fingerprint density at radius 3 is 2.40 bits per heavy atom. The molecule has 0 saturated heterocycles. The van der Waals surface area contributed by atoms with E-state index in [1.54, 1.807) is 0 Å². The molecular formula is C19H26N4O2. The minimum Gasteiger partial charge on any atom is -0.466 e. The van der Waals surface area contributed by atoms with Crippen LogP contribution in [0.3, 0.4) is 0 Å². The van der Waals surface area contributed by atoms with Crippen LogP contribution in [0.2, 0.25) is 0 Å². The van der Waals surface area contributed by atoms with Gasteiger partial charge in [-0.25, -0.2) is 5.43 Å². The Labute approximate surface area is 148 Å². The van der Waals surface area contributed by atoms with Crippen LogP contribution in [0.1, 0.15) is 12.5 Å². The highest BCUT2D eigenvalue weighted by molar-refractivity contribution is 5.73. The molecule has 0 amide bonds. The molecule has 0 aromatic heterocycles. The topological polar surface area (TPSA) is 88.4 Å². The normalized spacial score (nSPS) is 11.6. The van der Waals surface area contributed by atoms with E-state index >= 15 is 0 Å². The summed E-state index contributed by atoms with van der Waals surface area (Å²) in [6, 6.07) is 17.7. The molecule has 5 N–H and O–H groups in total. The van der Waals surface area contributed by atoms with Crippen molar-refractivity contribution >= 4 is 17.3 Å². The lowest BCUT2D eigenvalue weighted by Gasteiger charge is -2.17. The summed E-state index contributed by atoms with van der Waals surface area (Å²) >= 11 is 0. The van der Waals surface area contributed by atoms with Crippen LogP contribution in [0.15, 0.2) is 54.6 Å². The zero-order valence-electron chi connectivity index (χ0n) is 14.5. The molecule has 0 heterocycles. The van der Waals surface area contributed by atoms with E-state index in [0.29, 0.717) is 26.2 Å². The second kappa shape index (κ2) is 10.3. The van der Waals surface area contributed by atoms with Crippen LogP contribution in [0.5, 0.6) is 0 Å². The van der Waals surface area contributed by atoms with E-state index < -0.39 is 0 Å². The standard InChI is InChI=1S/C19H26N4O2/c1-2-25-19(24)16(12-15-6-4-3-5-7-15)13-21-17-8-10-18(11-9-17)23-22-14-20/h3-11,16,21-23H,2,12-14,20H2,1H3. The van der Waals surface area contributed by atoms with Crippen molar-refractivity contribution in [2.75, 3.05) is 30.6 Å². The van der Waals surface area contributed by atoms with Crippen LogP contribution in [0, 0.1) is 5.92 Å². The van der Waals surface area contributed by atoms with Crippen molar-refractivity contribution in [3.63, 3.8) is 0 Å². The average Bonchev–Trinajstić information content (AvgIpc) is 2.65. The summed E-state index contributed by atoms with van der Waals surface area (Å²) < 4.78 is 5.22. The molecule has 0 aliphatic heterocycles. The monoisotopic (exact) mass is 342 g/mol. The van der Waals surface area contributed by atoms with Gasteiger partial charge in [-0.1, -0.05) is 30.3 Å². The van der Waals surface area contributed by atoms with Gasteiger partial charge in [0.25, 0.3) is 0 Å². The highest BCUT2D eigenvalue weighted by Gasteiger charge is 2.20. The van der Waals surface area contributed by atoms with Gasteiger partial charge in [-0.05, 0) is 43.2 Å². The number of nitrogens with two attached hydrogens (primary N) is 1. The maximum Gasteiger partial charge on any atom is 0.311 e. The van der Waals surface area contributed by atoms with E-state index in [-0.39, 0.29) is 11.9 Å². The number of hydrogen-bond acceptors (Lipinski definition) is 6. The lowest BCUT2D eigenvalue weighted by Crippen LogP contribution is -2.28. The maximum atomic E-state index is 12.2. The molecular weight excluding hydrogens is 316 g/mol. The van der Waals surface area contributed by atoms with E-state index in [1.165, 1.54) is 0 Å². The molecule has 25 heavy (non-hydrogen) atoms. The number of hydrogen-bond donors (Lipinski definition) is 4. The van der Waals surface area contributed by atoms with Gasteiger partial charge in [-0.15, -0.1) is 0 Å². The van der Waals surface area contributed by atoms with Crippen molar-refractivity contribution in [2.24, 2.45) is 11.7 Å². The molecule has 1 unspecified atom stereocenters. The molecule has 0 spiro atoms. The number of ether oxygens (including phenoxy) is 1. The Kier molecular flexibility index (Phi) is 7.75. The number of carbonyl (C=O) groups excluding carboxylic acids is 1. The van der Waals surface area contributed by atoms with E-state index in [0.717, 1.165) is 16.9 Å². The third-order valence-corrected chi connectivity index (χ3v) is 3.72. The summed E-state index contributed by atoms with van der Waals surface area (Å²) in [4.78, 5) is 12.2. The highest BCUT2D eigenvalue weighted by atomic mass is 16.5. The fourth-order valence-corrected chi connectivity index (χ4v) is 2.46. The highest BCUT2D eigenvalue weighted by Crippen LogP contribution is 2.16. The minimum atomic E-state index is -0.237. The number of benzene rings is 2. The lowest BCUT2D eigenvalue weighted by molar-refractivity contribution is -0.147. The second-order valence-electron chi connectivity index (χ2n) is 5.60. The quantitative estimate of drug-likeness (QED) is 0.301. The first kappa shape index (κ1) is 18.8. The van der Waals surface area contributed by atoms with Crippen molar-refractivity contribution in [1.82, 2.24) is 5.43 Å². The Balaban J connectivity index is 1.95. The van der Waals surface area contributed by atoms with Crippen molar-refractivity contribution < 1.29 is 9.53 Å². The minimum absolute atomic E-state index is 0.177. The third kappa shape index (κ3) is 6.45. The Bertz CT molecular complexity index is 632. The van der Waals surface area contributed by atoms with Gasteiger partial charge >= 0.3 is 5.97 Å². The summed E-state index contributed by atoms with van der Waals surface area (Å²) in [7, 11) is 0. The van der Waals surface area contributed by atoms with Crippen LogP contribution in [-0.2, 0) is 16.0 Å². The van der Waals surface area contributed by atoms with Gasteiger partial charge in [0.15, 0.2) is 0 Å². The Morgan fingerprint density at radius 1 is 1.08 bits per heavy atom. The van der Waals surface area contributed by atoms with E-state index in [1.807, 2.05) is 61.5 Å². The molecule has 1 atom stereocenters. The van der Waals surface area contributed by atoms with Gasteiger partial charge < -0.3 is 21.2 Å². The number of carbonyl (C=O) groups is 1. The van der Waals surface area contributed by atoms with Crippen LogP contribution in [0.25, 0.3) is 0 Å². The number of nitrogens with one attached hydrogen (secondary N) is 3. The summed E-state index contributed by atoms with van der Waals surface area (Å²) in [6.07, 6.45) is 0.646. The second-order valence-corrected chi connectivity index (χ2v) is 5.60. The predicted octanol–water partition coefficient (Wildman–Crippen LogP) is 2.35. The summed E-state index contributed by atoms with van der Waals surface area (Å²) in [5.41, 5.74) is 14.2. The fourth-order valence-electron chi connectivity index (χ4n) is 2.46. The van der Waals surface area contributed by atoms with Crippen molar-refractivity contribution in [1.29, 1.82) is 0 Å². The van der Waals surface area contributed by atoms with E-state index in [9.17, 15) is 4.79 Å². The average molecular weight is 342 g/mol. The van der Waals surface area contributed by atoms with E-state index in [4.69, 9.17) is 10.5 Å². The maximum absolute atomic E-state index is 12.2. The van der Waals surface area contributed by atoms with Crippen LogP contribution < -0.4 is 21.9 Å². The molecule has 6 heteroatoms. The molecule has 0 aliphatic rings. The summed E-state index contributed by atoms with van der Waals surface area (Å²) in [5, 5.41) is 3.31. The molecule has 0 aliphatic carbocycles. The van der Waals surface area contributed by atoms with Gasteiger partial charge in [0.05, 0.1) is 19.2 Å². The van der Waals surface area contributed by atoms with Gasteiger partial charge in [0.1, 0.15) is 0 Å². The molecule has 0 bridgehead atoms. The molecule has 2 rings (SSSR count). The molecule has 0 saturated carbocycles. The summed E-state index contributed by atoms with van der Waals surface area (Å²) in [6.45, 7) is 3.08. The molecule has 0 radical (unpaired) electrons. The number of esters is 1. The van der Waals surface area contributed by atoms with Gasteiger partial charge in [0, 0.05) is 17.9 Å². The molecule has 6 nitrogen and oxygen atoms in total. The molecule has 134 valence electrons. The Hall–Kier alpha value is -2.57.